The average Bonchev–Trinajstić information content (AvgIpc) is 2.42. The summed E-state index contributed by atoms with van der Waals surface area (Å²) < 4.78 is 5.38. The summed E-state index contributed by atoms with van der Waals surface area (Å²) >= 11 is 0. The Morgan fingerprint density at radius 3 is 2.55 bits per heavy atom. The predicted molar refractivity (Wildman–Crippen MR) is 75.2 cm³/mol. The van der Waals surface area contributed by atoms with E-state index in [1.807, 2.05) is 20.8 Å². The zero-order valence-corrected chi connectivity index (χ0v) is 12.2. The number of hydrazine groups is 1. The second-order valence-corrected chi connectivity index (χ2v) is 4.34. The third-order valence-electron chi connectivity index (χ3n) is 2.38. The van der Waals surface area contributed by atoms with E-state index in [-0.39, 0.29) is 36.5 Å². The SMILES string of the molecule is CCN(C)C(=O)CNc1nc(NN)nc(OC(C)C)n1. The average molecular weight is 283 g/mol. The fourth-order valence-electron chi connectivity index (χ4n) is 1.23. The number of anilines is 2. The van der Waals surface area contributed by atoms with E-state index in [4.69, 9.17) is 10.6 Å². The first-order valence-electron chi connectivity index (χ1n) is 6.33. The molecule has 112 valence electrons. The van der Waals surface area contributed by atoms with E-state index in [1.54, 1.807) is 11.9 Å². The zero-order chi connectivity index (χ0) is 15.1. The van der Waals surface area contributed by atoms with Gasteiger partial charge in [0.25, 0.3) is 0 Å². The maximum absolute atomic E-state index is 11.7. The normalized spacial score (nSPS) is 10.3. The number of nitrogens with one attached hydrogen (secondary N) is 2. The number of rotatable bonds is 7. The van der Waals surface area contributed by atoms with Crippen LogP contribution >= 0.6 is 0 Å². The van der Waals surface area contributed by atoms with Crippen LogP contribution in [0.5, 0.6) is 6.01 Å². The number of ether oxygens (including phenoxy) is 1. The molecule has 0 aliphatic carbocycles. The van der Waals surface area contributed by atoms with Crippen LogP contribution < -0.4 is 21.3 Å². The molecule has 0 spiro atoms. The summed E-state index contributed by atoms with van der Waals surface area (Å²) in [7, 11) is 1.72. The van der Waals surface area contributed by atoms with Gasteiger partial charge in [-0.3, -0.25) is 10.2 Å². The van der Waals surface area contributed by atoms with Crippen molar-refractivity contribution in [1.82, 2.24) is 19.9 Å². The zero-order valence-electron chi connectivity index (χ0n) is 12.2. The van der Waals surface area contributed by atoms with Crippen molar-refractivity contribution in [2.75, 3.05) is 30.9 Å². The number of carbonyl (C=O) groups is 1. The summed E-state index contributed by atoms with van der Waals surface area (Å²) in [4.78, 5) is 25.3. The molecule has 0 atom stereocenters. The van der Waals surface area contributed by atoms with E-state index in [0.29, 0.717) is 6.54 Å². The quantitative estimate of drug-likeness (QED) is 0.466. The van der Waals surface area contributed by atoms with Crippen molar-refractivity contribution in [2.24, 2.45) is 5.84 Å². The van der Waals surface area contributed by atoms with Crippen LogP contribution in [-0.4, -0.2) is 52.0 Å². The highest BCUT2D eigenvalue weighted by Gasteiger charge is 2.11. The van der Waals surface area contributed by atoms with Crippen molar-refractivity contribution >= 4 is 17.8 Å². The highest BCUT2D eigenvalue weighted by atomic mass is 16.5. The minimum Gasteiger partial charge on any atom is -0.461 e. The van der Waals surface area contributed by atoms with Crippen LogP contribution in [0.4, 0.5) is 11.9 Å². The first kappa shape index (κ1) is 15.9. The van der Waals surface area contributed by atoms with Crippen LogP contribution in [0, 0.1) is 0 Å². The van der Waals surface area contributed by atoms with Gasteiger partial charge in [-0.05, 0) is 20.8 Å². The molecule has 0 saturated heterocycles. The van der Waals surface area contributed by atoms with Crippen molar-refractivity contribution in [3.8, 4) is 6.01 Å². The molecule has 9 heteroatoms. The van der Waals surface area contributed by atoms with E-state index in [9.17, 15) is 4.79 Å². The molecule has 0 saturated carbocycles. The van der Waals surface area contributed by atoms with Crippen molar-refractivity contribution in [1.29, 1.82) is 0 Å². The van der Waals surface area contributed by atoms with E-state index in [2.05, 4.69) is 25.7 Å². The van der Waals surface area contributed by atoms with Crippen molar-refractivity contribution in [2.45, 2.75) is 26.9 Å². The molecule has 1 aromatic rings. The first-order valence-corrected chi connectivity index (χ1v) is 6.33. The molecule has 1 rings (SSSR count). The van der Waals surface area contributed by atoms with Crippen LogP contribution in [-0.2, 0) is 4.79 Å². The van der Waals surface area contributed by atoms with E-state index < -0.39 is 0 Å². The molecule has 0 radical (unpaired) electrons. The summed E-state index contributed by atoms with van der Waals surface area (Å²) in [5.74, 6) is 5.60. The fourth-order valence-corrected chi connectivity index (χ4v) is 1.23. The largest absolute Gasteiger partial charge is 0.461 e. The number of nitrogens with two attached hydrogens (primary N) is 1. The van der Waals surface area contributed by atoms with Gasteiger partial charge >= 0.3 is 6.01 Å². The molecular weight excluding hydrogens is 262 g/mol. The van der Waals surface area contributed by atoms with Crippen LogP contribution in [0.3, 0.4) is 0 Å². The third-order valence-corrected chi connectivity index (χ3v) is 2.38. The predicted octanol–water partition coefficient (Wildman–Crippen LogP) is -0.165. The summed E-state index contributed by atoms with van der Waals surface area (Å²) in [5, 5.41) is 2.82. The highest BCUT2D eigenvalue weighted by molar-refractivity contribution is 5.80. The van der Waals surface area contributed by atoms with Crippen LogP contribution in [0.1, 0.15) is 20.8 Å². The van der Waals surface area contributed by atoms with Gasteiger partial charge in [0.15, 0.2) is 0 Å². The molecule has 1 amide bonds. The molecule has 1 aromatic heterocycles. The van der Waals surface area contributed by atoms with Gasteiger partial charge in [-0.2, -0.15) is 15.0 Å². The van der Waals surface area contributed by atoms with Gasteiger partial charge in [-0.1, -0.05) is 0 Å². The molecule has 0 aliphatic heterocycles. The van der Waals surface area contributed by atoms with Crippen molar-refractivity contribution < 1.29 is 9.53 Å². The fraction of sp³-hybridized carbons (Fsp3) is 0.636. The van der Waals surface area contributed by atoms with Crippen molar-refractivity contribution in [3.05, 3.63) is 0 Å². The number of carbonyl (C=O) groups excluding carboxylic acids is 1. The molecule has 4 N–H and O–H groups in total. The second-order valence-electron chi connectivity index (χ2n) is 4.34. The summed E-state index contributed by atoms with van der Waals surface area (Å²) in [6.07, 6.45) is -0.0799. The lowest BCUT2D eigenvalue weighted by Gasteiger charge is -2.15. The Bertz CT molecular complexity index is 452. The van der Waals surface area contributed by atoms with Crippen molar-refractivity contribution in [3.63, 3.8) is 0 Å². The molecule has 1 heterocycles. The molecular formula is C11H21N7O2. The number of hydrogen-bond acceptors (Lipinski definition) is 8. The maximum atomic E-state index is 11.7. The van der Waals surface area contributed by atoms with Gasteiger partial charge in [0.1, 0.15) is 0 Å². The van der Waals surface area contributed by atoms with Gasteiger partial charge in [0.05, 0.1) is 12.6 Å². The minimum absolute atomic E-state index is 0.0681. The van der Waals surface area contributed by atoms with Gasteiger partial charge in [-0.15, -0.1) is 0 Å². The Morgan fingerprint density at radius 2 is 2.00 bits per heavy atom. The molecule has 0 aromatic carbocycles. The number of likely N-dealkylation sites (N-methyl/N-ethyl adjacent to an activating group) is 1. The summed E-state index contributed by atoms with van der Waals surface area (Å²) in [6, 6.07) is 0.141. The smallest absolute Gasteiger partial charge is 0.323 e. The van der Waals surface area contributed by atoms with Gasteiger partial charge in [0, 0.05) is 13.6 Å². The van der Waals surface area contributed by atoms with Crippen LogP contribution in [0.2, 0.25) is 0 Å². The number of nitrogens with zero attached hydrogens (tertiary/aromatic N) is 4. The van der Waals surface area contributed by atoms with Crippen LogP contribution in [0.15, 0.2) is 0 Å². The van der Waals surface area contributed by atoms with E-state index in [0.717, 1.165) is 0 Å². The number of hydrogen-bond donors (Lipinski definition) is 3. The minimum atomic E-state index is -0.0799. The van der Waals surface area contributed by atoms with E-state index in [1.165, 1.54) is 0 Å². The molecule has 9 nitrogen and oxygen atoms in total. The van der Waals surface area contributed by atoms with Gasteiger partial charge in [-0.25, -0.2) is 5.84 Å². The highest BCUT2D eigenvalue weighted by Crippen LogP contribution is 2.11. The lowest BCUT2D eigenvalue weighted by molar-refractivity contribution is -0.127. The standard InChI is InChI=1S/C11H21N7O2/c1-5-18(4)8(19)6-13-9-14-10(17-12)16-11(15-9)20-7(2)3/h7H,5-6,12H2,1-4H3,(H2,13,14,15,16,17). The third kappa shape index (κ3) is 4.84. The number of nitrogen functional groups attached to an aromatic ring is 1. The van der Waals surface area contributed by atoms with Crippen LogP contribution in [0.25, 0.3) is 0 Å². The number of amides is 1. The van der Waals surface area contributed by atoms with Gasteiger partial charge < -0.3 is 15.0 Å². The second kappa shape index (κ2) is 7.43. The van der Waals surface area contributed by atoms with Gasteiger partial charge in [0.2, 0.25) is 17.8 Å². The Kier molecular flexibility index (Phi) is 5.91. The Labute approximate surface area is 117 Å². The Morgan fingerprint density at radius 1 is 1.35 bits per heavy atom. The monoisotopic (exact) mass is 283 g/mol. The maximum Gasteiger partial charge on any atom is 0.323 e. The lowest BCUT2D eigenvalue weighted by atomic mass is 10.5. The molecule has 0 fully saturated rings. The molecule has 20 heavy (non-hydrogen) atoms. The topological polar surface area (TPSA) is 118 Å². The number of aromatic nitrogens is 3. The molecule has 0 aliphatic rings. The Hall–Kier alpha value is -2.16. The van der Waals surface area contributed by atoms with E-state index >= 15 is 0 Å². The molecule has 0 bridgehead atoms. The summed E-state index contributed by atoms with van der Waals surface area (Å²) in [6.45, 7) is 6.32. The lowest BCUT2D eigenvalue weighted by Crippen LogP contribution is -2.32. The molecule has 0 unspecified atom stereocenters. The Balaban J connectivity index is 2.76. The first-order chi connectivity index (χ1) is 9.46. The summed E-state index contributed by atoms with van der Waals surface area (Å²) in [5.41, 5.74) is 2.33.